The van der Waals surface area contributed by atoms with Crippen molar-refractivity contribution in [3.63, 3.8) is 0 Å². The number of nitrogens with zero attached hydrogens (tertiary/aromatic N) is 2. The monoisotopic (exact) mass is 490 g/mol. The summed E-state index contributed by atoms with van der Waals surface area (Å²) >= 11 is 0. The fraction of sp³-hybridized carbons (Fsp3) is 0.440. The van der Waals surface area contributed by atoms with Gasteiger partial charge in [-0.1, -0.05) is 0 Å². The summed E-state index contributed by atoms with van der Waals surface area (Å²) in [5.41, 5.74) is 6.01. The highest BCUT2D eigenvalue weighted by Crippen LogP contribution is 2.37. The molecule has 35 heavy (non-hydrogen) atoms. The molecule has 0 bridgehead atoms. The topological polar surface area (TPSA) is 91.5 Å². The minimum Gasteiger partial charge on any atom is -0.493 e. The number of fused-ring (bicyclic) bond motifs is 1. The minimum atomic E-state index is -4.49. The molecule has 0 spiro atoms. The molecule has 0 saturated heterocycles. The molecule has 1 aliphatic rings. The molecule has 3 N–H and O–H groups in total. The molecule has 7 nitrogen and oxygen atoms in total. The highest BCUT2D eigenvalue weighted by atomic mass is 19.4. The van der Waals surface area contributed by atoms with E-state index in [1.807, 2.05) is 0 Å². The zero-order valence-electron chi connectivity index (χ0n) is 19.9. The number of hydrogen-bond acceptors (Lipinski definition) is 7. The zero-order chi connectivity index (χ0) is 25.2. The number of methoxy groups -OCH3 is 1. The molecular weight excluding hydrogens is 461 g/mol. The van der Waals surface area contributed by atoms with Crippen molar-refractivity contribution >= 4 is 22.4 Å². The molecule has 0 radical (unpaired) electrons. The Morgan fingerprint density at radius 3 is 2.54 bits per heavy atom. The molecule has 0 unspecified atom stereocenters. The van der Waals surface area contributed by atoms with Crippen LogP contribution in [0.4, 0.5) is 24.7 Å². The minimum absolute atomic E-state index is 0.0401. The maximum Gasteiger partial charge on any atom is 0.416 e. The fourth-order valence-corrected chi connectivity index (χ4v) is 3.74. The molecule has 10 heteroatoms. The van der Waals surface area contributed by atoms with Gasteiger partial charge >= 0.3 is 6.18 Å². The van der Waals surface area contributed by atoms with Gasteiger partial charge in [-0.3, -0.25) is 0 Å². The molecule has 1 fully saturated rings. The number of alkyl halides is 3. The predicted octanol–water partition coefficient (Wildman–Crippen LogP) is 5.67. The van der Waals surface area contributed by atoms with Crippen LogP contribution in [-0.4, -0.2) is 36.4 Å². The van der Waals surface area contributed by atoms with Crippen LogP contribution in [0.15, 0.2) is 30.3 Å². The van der Waals surface area contributed by atoms with Gasteiger partial charge in [-0.2, -0.15) is 13.2 Å². The van der Waals surface area contributed by atoms with Crippen LogP contribution in [-0.2, 0) is 10.9 Å². The Balaban J connectivity index is 1.59. The van der Waals surface area contributed by atoms with Crippen LogP contribution in [0.3, 0.4) is 0 Å². The number of nitrogen functional groups attached to an aromatic ring is 1. The van der Waals surface area contributed by atoms with E-state index in [1.54, 1.807) is 33.1 Å². The van der Waals surface area contributed by atoms with Gasteiger partial charge in [0, 0.05) is 23.6 Å². The summed E-state index contributed by atoms with van der Waals surface area (Å²) in [6.45, 7) is 4.57. The summed E-state index contributed by atoms with van der Waals surface area (Å²) < 4.78 is 56.9. The van der Waals surface area contributed by atoms with E-state index in [9.17, 15) is 13.2 Å². The first-order chi connectivity index (χ1) is 16.6. The third-order valence-corrected chi connectivity index (χ3v) is 5.68. The lowest BCUT2D eigenvalue weighted by Crippen LogP contribution is -2.13. The number of anilines is 2. The standard InChI is InChI=1S/C25H29F3N4O3/c1-14(16-9-17(25(26,27)28)11-18(29)10-16)30-24-20-12-23(35-8-4-7-34-19-5-6-19)22(33-3)13-21(20)31-15(2)32-24/h9-14,19H,4-8,29H2,1-3H3,(H,30,31,32)/t14-/m1/s1. The summed E-state index contributed by atoms with van der Waals surface area (Å²) in [5.74, 6) is 2.03. The van der Waals surface area contributed by atoms with E-state index in [2.05, 4.69) is 15.3 Å². The van der Waals surface area contributed by atoms with Crippen molar-refractivity contribution in [1.29, 1.82) is 0 Å². The van der Waals surface area contributed by atoms with Crippen molar-refractivity contribution < 1.29 is 27.4 Å². The van der Waals surface area contributed by atoms with Gasteiger partial charge in [0.1, 0.15) is 11.6 Å². The lowest BCUT2D eigenvalue weighted by atomic mass is 10.0. The largest absolute Gasteiger partial charge is 0.493 e. The van der Waals surface area contributed by atoms with Crippen LogP contribution < -0.4 is 20.5 Å². The van der Waals surface area contributed by atoms with Gasteiger partial charge in [0.2, 0.25) is 0 Å². The second-order valence-corrected chi connectivity index (χ2v) is 8.66. The highest BCUT2D eigenvalue weighted by molar-refractivity contribution is 5.92. The van der Waals surface area contributed by atoms with E-state index in [0.29, 0.717) is 58.9 Å². The molecule has 1 aromatic heterocycles. The molecule has 4 rings (SSSR count). The molecular formula is C25H29F3N4O3. The second kappa shape index (κ2) is 10.2. The van der Waals surface area contributed by atoms with Crippen molar-refractivity contribution in [2.45, 2.75) is 51.4 Å². The number of aryl methyl sites for hydroxylation is 1. The van der Waals surface area contributed by atoms with E-state index in [-0.39, 0.29) is 5.69 Å². The summed E-state index contributed by atoms with van der Waals surface area (Å²) in [5, 5.41) is 3.88. The second-order valence-electron chi connectivity index (χ2n) is 8.66. The van der Waals surface area contributed by atoms with Crippen molar-refractivity contribution in [1.82, 2.24) is 9.97 Å². The van der Waals surface area contributed by atoms with E-state index >= 15 is 0 Å². The number of halogens is 3. The van der Waals surface area contributed by atoms with Crippen molar-refractivity contribution in [3.8, 4) is 11.5 Å². The first-order valence-corrected chi connectivity index (χ1v) is 11.5. The Morgan fingerprint density at radius 1 is 1.09 bits per heavy atom. The number of hydrogen-bond donors (Lipinski definition) is 2. The number of aromatic nitrogens is 2. The lowest BCUT2D eigenvalue weighted by molar-refractivity contribution is -0.137. The Hall–Kier alpha value is -3.27. The molecule has 188 valence electrons. The van der Waals surface area contributed by atoms with Crippen LogP contribution >= 0.6 is 0 Å². The molecule has 3 aromatic rings. The van der Waals surface area contributed by atoms with Crippen LogP contribution in [0, 0.1) is 6.92 Å². The highest BCUT2D eigenvalue weighted by Gasteiger charge is 2.31. The quantitative estimate of drug-likeness (QED) is 0.280. The van der Waals surface area contributed by atoms with Crippen LogP contribution in [0.5, 0.6) is 11.5 Å². The Bertz CT molecular complexity index is 1200. The number of nitrogens with one attached hydrogen (secondary N) is 1. The molecule has 2 aromatic carbocycles. The van der Waals surface area contributed by atoms with Gasteiger partial charge in [0.15, 0.2) is 11.5 Å². The Morgan fingerprint density at radius 2 is 1.86 bits per heavy atom. The molecule has 1 heterocycles. The fourth-order valence-electron chi connectivity index (χ4n) is 3.74. The first kappa shape index (κ1) is 24.8. The van der Waals surface area contributed by atoms with Gasteiger partial charge in [-0.05, 0) is 56.5 Å². The van der Waals surface area contributed by atoms with Crippen LogP contribution in [0.25, 0.3) is 10.9 Å². The van der Waals surface area contributed by atoms with Crippen LogP contribution in [0.2, 0.25) is 0 Å². The molecule has 1 atom stereocenters. The maximum atomic E-state index is 13.3. The zero-order valence-corrected chi connectivity index (χ0v) is 19.9. The Kier molecular flexibility index (Phi) is 7.20. The van der Waals surface area contributed by atoms with E-state index in [1.165, 1.54) is 6.07 Å². The van der Waals surface area contributed by atoms with Gasteiger partial charge < -0.3 is 25.3 Å². The smallest absolute Gasteiger partial charge is 0.416 e. The van der Waals surface area contributed by atoms with Crippen molar-refractivity contribution in [2.75, 3.05) is 31.4 Å². The summed E-state index contributed by atoms with van der Waals surface area (Å²) in [6, 6.07) is 6.56. The van der Waals surface area contributed by atoms with Gasteiger partial charge in [-0.25, -0.2) is 9.97 Å². The molecule has 0 amide bonds. The van der Waals surface area contributed by atoms with E-state index in [4.69, 9.17) is 19.9 Å². The van der Waals surface area contributed by atoms with Crippen LogP contribution in [0.1, 0.15) is 49.2 Å². The first-order valence-electron chi connectivity index (χ1n) is 11.5. The number of ether oxygens (including phenoxy) is 3. The van der Waals surface area contributed by atoms with Gasteiger partial charge in [0.25, 0.3) is 0 Å². The van der Waals surface area contributed by atoms with Gasteiger partial charge in [-0.15, -0.1) is 0 Å². The molecule has 1 saturated carbocycles. The van der Waals surface area contributed by atoms with E-state index in [0.717, 1.165) is 31.4 Å². The molecule has 1 aliphatic carbocycles. The number of rotatable bonds is 10. The summed E-state index contributed by atoms with van der Waals surface area (Å²) in [4.78, 5) is 8.99. The normalized spacial score (nSPS) is 14.7. The summed E-state index contributed by atoms with van der Waals surface area (Å²) in [7, 11) is 1.55. The average molecular weight is 491 g/mol. The third-order valence-electron chi connectivity index (χ3n) is 5.68. The SMILES string of the molecule is COc1cc2nc(C)nc(N[C@H](C)c3cc(N)cc(C(F)(F)F)c3)c2cc1OCCCOC1CC1. The summed E-state index contributed by atoms with van der Waals surface area (Å²) in [6.07, 6.45) is -1.11. The van der Waals surface area contributed by atoms with Crippen molar-refractivity contribution in [2.24, 2.45) is 0 Å². The maximum absolute atomic E-state index is 13.3. The Labute approximate surface area is 201 Å². The molecule has 0 aliphatic heterocycles. The lowest BCUT2D eigenvalue weighted by Gasteiger charge is -2.20. The third kappa shape index (κ3) is 6.25. The number of nitrogens with two attached hydrogens (primary N) is 1. The van der Waals surface area contributed by atoms with Crippen molar-refractivity contribution in [3.05, 3.63) is 47.3 Å². The average Bonchev–Trinajstić information content (AvgIpc) is 3.62. The van der Waals surface area contributed by atoms with E-state index < -0.39 is 17.8 Å². The predicted molar refractivity (Wildman–Crippen MR) is 128 cm³/mol. The van der Waals surface area contributed by atoms with Gasteiger partial charge in [0.05, 0.1) is 43.5 Å². The number of benzene rings is 2.